The van der Waals surface area contributed by atoms with Gasteiger partial charge in [-0.1, -0.05) is 12.1 Å². The number of aromatic nitrogens is 2. The third kappa shape index (κ3) is 6.23. The van der Waals surface area contributed by atoms with E-state index in [1.165, 1.54) is 5.56 Å². The van der Waals surface area contributed by atoms with Crippen molar-refractivity contribution in [2.75, 3.05) is 27.2 Å². The van der Waals surface area contributed by atoms with Gasteiger partial charge in [0.25, 0.3) is 5.91 Å². The van der Waals surface area contributed by atoms with Crippen molar-refractivity contribution in [3.05, 3.63) is 53.3 Å². The molecule has 0 aliphatic heterocycles. The molecule has 0 saturated carbocycles. The maximum atomic E-state index is 11.7. The fourth-order valence-corrected chi connectivity index (χ4v) is 2.60. The van der Waals surface area contributed by atoms with Crippen molar-refractivity contribution in [3.8, 4) is 0 Å². The van der Waals surface area contributed by atoms with Crippen LogP contribution in [0.15, 0.2) is 41.7 Å². The van der Waals surface area contributed by atoms with Gasteiger partial charge in [0.15, 0.2) is 5.96 Å². The molecule has 3 N–H and O–H groups in total. The van der Waals surface area contributed by atoms with Crippen LogP contribution in [0.1, 0.15) is 27.9 Å². The Morgan fingerprint density at radius 1 is 1.27 bits per heavy atom. The lowest BCUT2D eigenvalue weighted by Crippen LogP contribution is -2.39. The third-order valence-corrected chi connectivity index (χ3v) is 3.96. The first kappa shape index (κ1) is 19.5. The number of carbonyl (C=O) groups is 1. The molecule has 7 nitrogen and oxygen atoms in total. The molecule has 26 heavy (non-hydrogen) atoms. The first-order valence-corrected chi connectivity index (χ1v) is 8.87. The minimum absolute atomic E-state index is 0.0651. The minimum Gasteiger partial charge on any atom is -0.356 e. The third-order valence-electron chi connectivity index (χ3n) is 3.96. The summed E-state index contributed by atoms with van der Waals surface area (Å²) in [5, 5.41) is 13.5. The molecule has 0 spiro atoms. The number of hydrogen-bond acceptors (Lipinski definition) is 3. The molecule has 1 heterocycles. The van der Waals surface area contributed by atoms with Gasteiger partial charge in [0, 0.05) is 45.5 Å². The SMILES string of the molecule is CN=C(NCCCn1cc(C)cn1)NCCc1cccc(C(=O)NC)c1. The molecule has 2 rings (SSSR count). The molecule has 1 amide bonds. The van der Waals surface area contributed by atoms with Crippen LogP contribution in [0.4, 0.5) is 0 Å². The number of nitrogens with one attached hydrogen (secondary N) is 3. The van der Waals surface area contributed by atoms with Gasteiger partial charge in [-0.3, -0.25) is 14.5 Å². The van der Waals surface area contributed by atoms with Crippen molar-refractivity contribution in [2.45, 2.75) is 26.3 Å². The number of amides is 1. The second-order valence-corrected chi connectivity index (χ2v) is 6.09. The van der Waals surface area contributed by atoms with Crippen molar-refractivity contribution in [2.24, 2.45) is 4.99 Å². The largest absolute Gasteiger partial charge is 0.356 e. The predicted octanol–water partition coefficient (Wildman–Crippen LogP) is 1.35. The summed E-state index contributed by atoms with van der Waals surface area (Å²) in [6.07, 6.45) is 5.70. The predicted molar refractivity (Wildman–Crippen MR) is 104 cm³/mol. The Morgan fingerprint density at radius 3 is 2.77 bits per heavy atom. The van der Waals surface area contributed by atoms with Gasteiger partial charge in [-0.15, -0.1) is 0 Å². The first-order valence-electron chi connectivity index (χ1n) is 8.87. The minimum atomic E-state index is -0.0651. The van der Waals surface area contributed by atoms with Crippen LogP contribution in [0.25, 0.3) is 0 Å². The molecule has 0 bridgehead atoms. The van der Waals surface area contributed by atoms with Crippen molar-refractivity contribution in [3.63, 3.8) is 0 Å². The standard InChI is InChI=1S/C19H28N6O/c1-15-13-24-25(14-15)11-5-9-22-19(21-3)23-10-8-16-6-4-7-17(12-16)18(26)20-2/h4,6-7,12-14H,5,8-11H2,1-3H3,(H,20,26)(H2,21,22,23). The lowest BCUT2D eigenvalue weighted by atomic mass is 10.1. The number of aryl methyl sites for hydroxylation is 2. The molecule has 2 aromatic rings. The van der Waals surface area contributed by atoms with E-state index in [0.717, 1.165) is 44.0 Å². The molecule has 0 saturated heterocycles. The van der Waals surface area contributed by atoms with E-state index in [-0.39, 0.29) is 5.91 Å². The van der Waals surface area contributed by atoms with Crippen molar-refractivity contribution < 1.29 is 4.79 Å². The van der Waals surface area contributed by atoms with E-state index in [1.807, 2.05) is 48.3 Å². The summed E-state index contributed by atoms with van der Waals surface area (Å²) in [6, 6.07) is 7.67. The van der Waals surface area contributed by atoms with Gasteiger partial charge in [0.2, 0.25) is 0 Å². The van der Waals surface area contributed by atoms with Crippen molar-refractivity contribution in [1.29, 1.82) is 0 Å². The Hall–Kier alpha value is -2.83. The Bertz CT molecular complexity index is 737. The zero-order valence-electron chi connectivity index (χ0n) is 15.7. The number of rotatable bonds is 8. The molecule has 0 fully saturated rings. The highest BCUT2D eigenvalue weighted by Gasteiger charge is 2.04. The summed E-state index contributed by atoms with van der Waals surface area (Å²) in [5.41, 5.74) is 2.97. The number of nitrogens with zero attached hydrogens (tertiary/aromatic N) is 3. The van der Waals surface area contributed by atoms with E-state index < -0.39 is 0 Å². The highest BCUT2D eigenvalue weighted by molar-refractivity contribution is 5.94. The number of guanidine groups is 1. The van der Waals surface area contributed by atoms with Gasteiger partial charge in [0.05, 0.1) is 6.20 Å². The Labute approximate surface area is 154 Å². The van der Waals surface area contributed by atoms with Crippen LogP contribution in [-0.2, 0) is 13.0 Å². The molecule has 7 heteroatoms. The van der Waals surface area contributed by atoms with E-state index in [9.17, 15) is 4.79 Å². The topological polar surface area (TPSA) is 83.3 Å². The monoisotopic (exact) mass is 356 g/mol. The van der Waals surface area contributed by atoms with Gasteiger partial charge in [-0.25, -0.2) is 0 Å². The van der Waals surface area contributed by atoms with Crippen molar-refractivity contribution in [1.82, 2.24) is 25.7 Å². The van der Waals surface area contributed by atoms with E-state index in [1.54, 1.807) is 14.1 Å². The van der Waals surface area contributed by atoms with Crippen LogP contribution in [0.2, 0.25) is 0 Å². The van der Waals surface area contributed by atoms with Crippen LogP contribution in [-0.4, -0.2) is 48.8 Å². The summed E-state index contributed by atoms with van der Waals surface area (Å²) < 4.78 is 1.95. The Morgan fingerprint density at radius 2 is 2.08 bits per heavy atom. The maximum absolute atomic E-state index is 11.7. The summed E-state index contributed by atoms with van der Waals surface area (Å²) in [6.45, 7) is 4.49. The highest BCUT2D eigenvalue weighted by atomic mass is 16.1. The zero-order valence-corrected chi connectivity index (χ0v) is 15.7. The van der Waals surface area contributed by atoms with Gasteiger partial charge < -0.3 is 16.0 Å². The molecule has 1 aromatic carbocycles. The highest BCUT2D eigenvalue weighted by Crippen LogP contribution is 2.05. The summed E-state index contributed by atoms with van der Waals surface area (Å²) in [4.78, 5) is 15.9. The number of hydrogen-bond donors (Lipinski definition) is 3. The molecule has 0 radical (unpaired) electrons. The second kappa shape index (κ2) is 10.2. The first-order chi connectivity index (χ1) is 12.6. The average molecular weight is 356 g/mol. The van der Waals surface area contributed by atoms with Crippen LogP contribution < -0.4 is 16.0 Å². The van der Waals surface area contributed by atoms with Crippen molar-refractivity contribution >= 4 is 11.9 Å². The Balaban J connectivity index is 1.69. The Kier molecular flexibility index (Phi) is 7.67. The lowest BCUT2D eigenvalue weighted by Gasteiger charge is -2.12. The molecular weight excluding hydrogens is 328 g/mol. The molecule has 0 atom stereocenters. The number of aliphatic imine (C=N–C) groups is 1. The summed E-state index contributed by atoms with van der Waals surface area (Å²) >= 11 is 0. The quantitative estimate of drug-likeness (QED) is 0.379. The second-order valence-electron chi connectivity index (χ2n) is 6.09. The summed E-state index contributed by atoms with van der Waals surface area (Å²) in [7, 11) is 3.40. The van der Waals surface area contributed by atoms with E-state index in [0.29, 0.717) is 5.56 Å². The van der Waals surface area contributed by atoms with E-state index in [2.05, 4.69) is 26.0 Å². The summed E-state index contributed by atoms with van der Waals surface area (Å²) in [5.74, 6) is 0.716. The fourth-order valence-electron chi connectivity index (χ4n) is 2.60. The van der Waals surface area contributed by atoms with Gasteiger partial charge in [-0.05, 0) is 43.0 Å². The normalized spacial score (nSPS) is 11.3. The van der Waals surface area contributed by atoms with Gasteiger partial charge in [-0.2, -0.15) is 5.10 Å². The average Bonchev–Trinajstić information content (AvgIpc) is 3.08. The smallest absolute Gasteiger partial charge is 0.251 e. The zero-order chi connectivity index (χ0) is 18.8. The number of carbonyl (C=O) groups excluding carboxylic acids is 1. The van der Waals surface area contributed by atoms with Gasteiger partial charge >= 0.3 is 0 Å². The molecule has 0 aliphatic rings. The number of benzene rings is 1. The molecule has 1 aromatic heterocycles. The van der Waals surface area contributed by atoms with Crippen LogP contribution in [0.3, 0.4) is 0 Å². The van der Waals surface area contributed by atoms with E-state index >= 15 is 0 Å². The van der Waals surface area contributed by atoms with Crippen LogP contribution in [0, 0.1) is 6.92 Å². The molecule has 0 unspecified atom stereocenters. The van der Waals surface area contributed by atoms with Crippen LogP contribution >= 0.6 is 0 Å². The van der Waals surface area contributed by atoms with E-state index in [4.69, 9.17) is 0 Å². The van der Waals surface area contributed by atoms with Gasteiger partial charge in [0.1, 0.15) is 0 Å². The molecule has 0 aliphatic carbocycles. The fraction of sp³-hybridized carbons (Fsp3) is 0.421. The molecule has 140 valence electrons. The molecular formula is C19H28N6O. The van der Waals surface area contributed by atoms with Crippen LogP contribution in [0.5, 0.6) is 0 Å². The maximum Gasteiger partial charge on any atom is 0.251 e. The lowest BCUT2D eigenvalue weighted by molar-refractivity contribution is 0.0963.